The van der Waals surface area contributed by atoms with E-state index in [1.807, 2.05) is 63.6 Å². The summed E-state index contributed by atoms with van der Waals surface area (Å²) in [6, 6.07) is 13.6. The molecule has 0 atom stereocenters. The number of rotatable bonds is 8. The summed E-state index contributed by atoms with van der Waals surface area (Å²) in [6.07, 6.45) is 1.70. The monoisotopic (exact) mass is 432 g/mol. The third kappa shape index (κ3) is 4.42. The van der Waals surface area contributed by atoms with E-state index in [0.717, 1.165) is 35.4 Å². The van der Waals surface area contributed by atoms with Crippen molar-refractivity contribution in [2.45, 2.75) is 0 Å². The van der Waals surface area contributed by atoms with Crippen LogP contribution in [0.4, 0.5) is 23.0 Å². The minimum Gasteiger partial charge on any atom is -0.494 e. The van der Waals surface area contributed by atoms with Gasteiger partial charge in [-0.15, -0.1) is 0 Å². The summed E-state index contributed by atoms with van der Waals surface area (Å²) in [4.78, 5) is 13.3. The number of anilines is 4. The number of nitrogen functional groups attached to an aromatic ring is 1. The largest absolute Gasteiger partial charge is 0.494 e. The Morgan fingerprint density at radius 1 is 1.09 bits per heavy atom. The molecular formula is C23H28N8O. The van der Waals surface area contributed by atoms with Gasteiger partial charge >= 0.3 is 0 Å². The molecular weight excluding hydrogens is 404 g/mol. The van der Waals surface area contributed by atoms with Gasteiger partial charge in [0, 0.05) is 37.8 Å². The maximum absolute atomic E-state index is 6.37. The summed E-state index contributed by atoms with van der Waals surface area (Å²) in [6.45, 7) is 1.76. The summed E-state index contributed by atoms with van der Waals surface area (Å²) < 4.78 is 5.62. The first-order valence-corrected chi connectivity index (χ1v) is 10.3. The summed E-state index contributed by atoms with van der Waals surface area (Å²) in [7, 11) is 7.74. The van der Waals surface area contributed by atoms with Crippen molar-refractivity contribution in [3.8, 4) is 17.1 Å². The first kappa shape index (κ1) is 21.4. The topological polar surface area (TPSA) is 108 Å². The van der Waals surface area contributed by atoms with Gasteiger partial charge in [-0.25, -0.2) is 9.97 Å². The zero-order chi connectivity index (χ0) is 22.7. The van der Waals surface area contributed by atoms with Gasteiger partial charge in [-0.1, -0.05) is 18.2 Å². The lowest BCUT2D eigenvalue weighted by atomic mass is 10.1. The molecule has 0 amide bonds. The van der Waals surface area contributed by atoms with Crippen molar-refractivity contribution < 1.29 is 4.74 Å². The van der Waals surface area contributed by atoms with Crippen molar-refractivity contribution in [2.24, 2.45) is 0 Å². The quantitative estimate of drug-likeness (QED) is 0.364. The van der Waals surface area contributed by atoms with E-state index >= 15 is 0 Å². The number of nitrogens with zero attached hydrogens (tertiary/aromatic N) is 5. The SMILES string of the molecule is COc1cc(N(C)CCN(C)C)c(N)cc1Nc1nccc(-c2n[nH]c3ccccc23)n1. The number of hydrogen-bond donors (Lipinski definition) is 3. The number of ether oxygens (including phenoxy) is 1. The molecule has 0 bridgehead atoms. The number of aromatic nitrogens is 4. The Kier molecular flexibility index (Phi) is 6.09. The van der Waals surface area contributed by atoms with Crippen LogP contribution in [-0.2, 0) is 0 Å². The third-order valence-corrected chi connectivity index (χ3v) is 5.26. The molecule has 9 nitrogen and oxygen atoms in total. The normalized spacial score (nSPS) is 11.2. The Morgan fingerprint density at radius 2 is 1.91 bits per heavy atom. The van der Waals surface area contributed by atoms with E-state index in [0.29, 0.717) is 28.8 Å². The van der Waals surface area contributed by atoms with Crippen LogP contribution >= 0.6 is 0 Å². The third-order valence-electron chi connectivity index (χ3n) is 5.26. The van der Waals surface area contributed by atoms with Crippen molar-refractivity contribution in [2.75, 3.05) is 57.3 Å². The Bertz CT molecular complexity index is 1220. The number of nitrogens with two attached hydrogens (primary N) is 1. The molecule has 0 saturated heterocycles. The Labute approximate surface area is 187 Å². The van der Waals surface area contributed by atoms with Gasteiger partial charge in [0.15, 0.2) is 0 Å². The average Bonchev–Trinajstić information content (AvgIpc) is 3.22. The summed E-state index contributed by atoms with van der Waals surface area (Å²) in [5.41, 5.74) is 11.1. The standard InChI is InChI=1S/C23H28N8O/c1-30(2)11-12-31(3)20-14-21(32-4)19(13-16(20)24)27-23-25-10-9-18(26-23)22-15-7-5-6-8-17(15)28-29-22/h5-10,13-14H,11-12,24H2,1-4H3,(H,28,29)(H,25,26,27). The molecule has 4 rings (SSSR count). The number of likely N-dealkylation sites (N-methyl/N-ethyl adjacent to an activating group) is 2. The van der Waals surface area contributed by atoms with Crippen LogP contribution in [0.5, 0.6) is 5.75 Å². The van der Waals surface area contributed by atoms with Gasteiger partial charge in [0.1, 0.15) is 11.4 Å². The van der Waals surface area contributed by atoms with Crippen LogP contribution in [0.3, 0.4) is 0 Å². The molecule has 2 aromatic carbocycles. The van der Waals surface area contributed by atoms with Crippen molar-refractivity contribution in [1.29, 1.82) is 0 Å². The molecule has 2 aromatic heterocycles. The van der Waals surface area contributed by atoms with Crippen molar-refractivity contribution >= 4 is 33.9 Å². The molecule has 4 N–H and O–H groups in total. The molecule has 0 fully saturated rings. The number of fused-ring (bicyclic) bond motifs is 1. The van der Waals surface area contributed by atoms with E-state index in [9.17, 15) is 0 Å². The minimum atomic E-state index is 0.431. The lowest BCUT2D eigenvalue weighted by Gasteiger charge is -2.24. The van der Waals surface area contributed by atoms with Crippen molar-refractivity contribution in [3.63, 3.8) is 0 Å². The molecule has 0 aliphatic heterocycles. The number of benzene rings is 2. The Hall–Kier alpha value is -3.85. The fraction of sp³-hybridized carbons (Fsp3) is 0.261. The molecule has 32 heavy (non-hydrogen) atoms. The summed E-state index contributed by atoms with van der Waals surface area (Å²) in [5, 5.41) is 11.7. The van der Waals surface area contributed by atoms with E-state index in [4.69, 9.17) is 10.5 Å². The first-order valence-electron chi connectivity index (χ1n) is 10.3. The van der Waals surface area contributed by atoms with Crippen LogP contribution < -0.4 is 20.7 Å². The fourth-order valence-electron chi connectivity index (χ4n) is 3.48. The molecule has 9 heteroatoms. The molecule has 0 spiro atoms. The van der Waals surface area contributed by atoms with Gasteiger partial charge in [-0.2, -0.15) is 5.10 Å². The molecule has 0 saturated carbocycles. The predicted octanol–water partition coefficient (Wildman–Crippen LogP) is 3.35. The lowest BCUT2D eigenvalue weighted by molar-refractivity contribution is 0.413. The smallest absolute Gasteiger partial charge is 0.227 e. The van der Waals surface area contributed by atoms with Gasteiger partial charge in [0.2, 0.25) is 5.95 Å². The van der Waals surface area contributed by atoms with Crippen molar-refractivity contribution in [3.05, 3.63) is 48.7 Å². The molecule has 2 heterocycles. The van der Waals surface area contributed by atoms with Crippen LogP contribution in [0, 0.1) is 0 Å². The number of aromatic amines is 1. The van der Waals surface area contributed by atoms with E-state index in [1.54, 1.807) is 13.3 Å². The lowest BCUT2D eigenvalue weighted by Crippen LogP contribution is -2.29. The van der Waals surface area contributed by atoms with E-state index < -0.39 is 0 Å². The highest BCUT2D eigenvalue weighted by Crippen LogP contribution is 2.36. The molecule has 0 radical (unpaired) electrons. The average molecular weight is 433 g/mol. The van der Waals surface area contributed by atoms with Gasteiger partial charge in [-0.05, 0) is 32.3 Å². The van der Waals surface area contributed by atoms with Crippen molar-refractivity contribution in [1.82, 2.24) is 25.1 Å². The van der Waals surface area contributed by atoms with Gasteiger partial charge < -0.3 is 25.6 Å². The van der Waals surface area contributed by atoms with Gasteiger partial charge in [0.05, 0.1) is 35.4 Å². The fourth-order valence-corrected chi connectivity index (χ4v) is 3.48. The van der Waals surface area contributed by atoms with Crippen LogP contribution in [0.2, 0.25) is 0 Å². The zero-order valence-electron chi connectivity index (χ0n) is 18.8. The predicted molar refractivity (Wildman–Crippen MR) is 130 cm³/mol. The number of para-hydroxylation sites is 1. The van der Waals surface area contributed by atoms with Crippen LogP contribution in [0.1, 0.15) is 0 Å². The maximum Gasteiger partial charge on any atom is 0.227 e. The van der Waals surface area contributed by atoms with E-state index in [-0.39, 0.29) is 0 Å². The van der Waals surface area contributed by atoms with Gasteiger partial charge in [-0.3, -0.25) is 5.10 Å². The second kappa shape index (κ2) is 9.11. The highest BCUT2D eigenvalue weighted by Gasteiger charge is 2.15. The van der Waals surface area contributed by atoms with Gasteiger partial charge in [0.25, 0.3) is 0 Å². The minimum absolute atomic E-state index is 0.431. The van der Waals surface area contributed by atoms with E-state index in [2.05, 4.69) is 35.3 Å². The number of nitrogens with one attached hydrogen (secondary N) is 2. The highest BCUT2D eigenvalue weighted by atomic mass is 16.5. The van der Waals surface area contributed by atoms with Crippen LogP contribution in [-0.4, -0.2) is 66.4 Å². The van der Waals surface area contributed by atoms with E-state index in [1.165, 1.54) is 0 Å². The second-order valence-electron chi connectivity index (χ2n) is 7.84. The zero-order valence-corrected chi connectivity index (χ0v) is 18.8. The number of hydrogen-bond acceptors (Lipinski definition) is 8. The highest BCUT2D eigenvalue weighted by molar-refractivity contribution is 5.92. The number of H-pyrrole nitrogens is 1. The molecule has 166 valence electrons. The molecule has 4 aromatic rings. The molecule has 0 aliphatic rings. The second-order valence-corrected chi connectivity index (χ2v) is 7.84. The Balaban J connectivity index is 1.61. The molecule has 0 unspecified atom stereocenters. The van der Waals surface area contributed by atoms with Crippen LogP contribution in [0.25, 0.3) is 22.3 Å². The first-order chi connectivity index (χ1) is 15.5. The molecule has 0 aliphatic carbocycles. The maximum atomic E-state index is 6.37. The van der Waals surface area contributed by atoms with Crippen LogP contribution in [0.15, 0.2) is 48.7 Å². The summed E-state index contributed by atoms with van der Waals surface area (Å²) in [5.74, 6) is 1.09. The Morgan fingerprint density at radius 3 is 2.69 bits per heavy atom. The summed E-state index contributed by atoms with van der Waals surface area (Å²) >= 11 is 0. The number of methoxy groups -OCH3 is 1.